The molecule has 1 aliphatic heterocycles. The van der Waals surface area contributed by atoms with Crippen LogP contribution in [0.1, 0.15) is 11.4 Å². The molecule has 7 nitrogen and oxygen atoms in total. The first-order chi connectivity index (χ1) is 13.3. The molecule has 0 bridgehead atoms. The van der Waals surface area contributed by atoms with Crippen LogP contribution in [-0.2, 0) is 6.61 Å². The van der Waals surface area contributed by atoms with E-state index < -0.39 is 0 Å². The zero-order valence-corrected chi connectivity index (χ0v) is 15.8. The van der Waals surface area contributed by atoms with Crippen LogP contribution in [0, 0.1) is 0 Å². The van der Waals surface area contributed by atoms with Gasteiger partial charge in [0.1, 0.15) is 12.4 Å². The van der Waals surface area contributed by atoms with E-state index in [0.29, 0.717) is 29.7 Å². The van der Waals surface area contributed by atoms with Crippen molar-refractivity contribution in [2.75, 3.05) is 20.0 Å². The summed E-state index contributed by atoms with van der Waals surface area (Å²) in [4.78, 5) is 0. The average Bonchev–Trinajstić information content (AvgIpc) is 3.14. The predicted octanol–water partition coefficient (Wildman–Crippen LogP) is 3.23. The lowest BCUT2D eigenvalue weighted by molar-refractivity contribution is 0.290. The number of thioether (sulfide) groups is 1. The van der Waals surface area contributed by atoms with Gasteiger partial charge in [-0.25, -0.2) is 0 Å². The van der Waals surface area contributed by atoms with E-state index in [1.807, 2.05) is 48.5 Å². The van der Waals surface area contributed by atoms with Crippen molar-refractivity contribution in [1.29, 1.82) is 0 Å². The Balaban J connectivity index is 1.60. The number of hydrogen-bond acceptors (Lipinski definition) is 7. The van der Waals surface area contributed by atoms with Crippen molar-refractivity contribution in [3.05, 3.63) is 59.9 Å². The normalized spacial score (nSPS) is 12.9. The number of benzene rings is 2. The molecule has 138 valence electrons. The van der Waals surface area contributed by atoms with Crippen molar-refractivity contribution in [2.24, 2.45) is 5.10 Å². The molecule has 1 aromatic heterocycles. The highest BCUT2D eigenvalue weighted by atomic mass is 32.2. The Morgan fingerprint density at radius 2 is 1.81 bits per heavy atom. The van der Waals surface area contributed by atoms with Gasteiger partial charge in [-0.1, -0.05) is 30.0 Å². The zero-order valence-electron chi connectivity index (χ0n) is 15.0. The molecule has 0 atom stereocenters. The lowest BCUT2D eigenvalue weighted by Crippen LogP contribution is -2.15. The second-order valence-electron chi connectivity index (χ2n) is 5.72. The molecule has 0 fully saturated rings. The van der Waals surface area contributed by atoms with Gasteiger partial charge in [0.05, 0.1) is 19.9 Å². The van der Waals surface area contributed by atoms with Gasteiger partial charge in [-0.15, -0.1) is 10.2 Å². The molecule has 0 N–H and O–H groups in total. The summed E-state index contributed by atoms with van der Waals surface area (Å²) in [7, 11) is 3.24. The van der Waals surface area contributed by atoms with Crippen LogP contribution in [0.5, 0.6) is 17.2 Å². The van der Waals surface area contributed by atoms with Crippen LogP contribution < -0.4 is 14.2 Å². The Hall–Kier alpha value is -3.00. The molecular weight excluding hydrogens is 364 g/mol. The molecule has 1 aliphatic rings. The Labute approximate surface area is 161 Å². The van der Waals surface area contributed by atoms with Gasteiger partial charge in [0.25, 0.3) is 0 Å². The van der Waals surface area contributed by atoms with Crippen molar-refractivity contribution >= 4 is 17.5 Å². The fraction of sp³-hybridized carbons (Fsp3) is 0.211. The second kappa shape index (κ2) is 7.71. The number of methoxy groups -OCH3 is 2. The SMILES string of the molecule is COc1ccc(C2=Nn3c(COc4ccccc4)nnc3SC2)cc1OC. The summed E-state index contributed by atoms with van der Waals surface area (Å²) >= 11 is 1.59. The van der Waals surface area contributed by atoms with E-state index in [0.717, 1.165) is 22.2 Å². The first-order valence-corrected chi connectivity index (χ1v) is 9.32. The number of ether oxygens (including phenoxy) is 3. The topological polar surface area (TPSA) is 70.8 Å². The third-order valence-electron chi connectivity index (χ3n) is 4.06. The summed E-state index contributed by atoms with van der Waals surface area (Å²) in [5, 5.41) is 13.9. The molecule has 8 heteroatoms. The van der Waals surface area contributed by atoms with Crippen molar-refractivity contribution in [2.45, 2.75) is 11.8 Å². The van der Waals surface area contributed by atoms with Crippen LogP contribution in [0.15, 0.2) is 58.8 Å². The van der Waals surface area contributed by atoms with Crippen LogP contribution in [0.4, 0.5) is 0 Å². The first kappa shape index (κ1) is 17.4. The summed E-state index contributed by atoms with van der Waals surface area (Å²) in [6.07, 6.45) is 0. The molecule has 0 unspecified atom stereocenters. The summed E-state index contributed by atoms with van der Waals surface area (Å²) in [6.45, 7) is 0.292. The van der Waals surface area contributed by atoms with Gasteiger partial charge in [0, 0.05) is 11.3 Å². The maximum absolute atomic E-state index is 5.79. The third kappa shape index (κ3) is 3.61. The second-order valence-corrected chi connectivity index (χ2v) is 6.66. The number of hydrogen-bond donors (Lipinski definition) is 0. The smallest absolute Gasteiger partial charge is 0.212 e. The van der Waals surface area contributed by atoms with E-state index in [1.165, 1.54) is 0 Å². The van der Waals surface area contributed by atoms with E-state index in [9.17, 15) is 0 Å². The summed E-state index contributed by atoms with van der Waals surface area (Å²) in [5.74, 6) is 3.49. The minimum absolute atomic E-state index is 0.292. The molecule has 0 saturated heterocycles. The maximum Gasteiger partial charge on any atom is 0.212 e. The molecule has 0 amide bonds. The minimum atomic E-state index is 0.292. The highest BCUT2D eigenvalue weighted by Crippen LogP contribution is 2.30. The van der Waals surface area contributed by atoms with E-state index in [-0.39, 0.29) is 0 Å². The van der Waals surface area contributed by atoms with Crippen molar-refractivity contribution < 1.29 is 14.2 Å². The molecule has 0 saturated carbocycles. The highest BCUT2D eigenvalue weighted by Gasteiger charge is 2.21. The van der Waals surface area contributed by atoms with Crippen LogP contribution in [-0.4, -0.2) is 40.6 Å². The number of aromatic nitrogens is 3. The predicted molar refractivity (Wildman–Crippen MR) is 103 cm³/mol. The average molecular weight is 382 g/mol. The quantitative estimate of drug-likeness (QED) is 0.652. The van der Waals surface area contributed by atoms with Gasteiger partial charge >= 0.3 is 0 Å². The van der Waals surface area contributed by atoms with Crippen molar-refractivity contribution in [3.8, 4) is 17.2 Å². The van der Waals surface area contributed by atoms with E-state index in [2.05, 4.69) is 10.2 Å². The molecule has 0 radical (unpaired) electrons. The molecule has 0 aliphatic carbocycles. The van der Waals surface area contributed by atoms with Crippen LogP contribution in [0.2, 0.25) is 0 Å². The van der Waals surface area contributed by atoms with Crippen LogP contribution in [0.25, 0.3) is 0 Å². The van der Waals surface area contributed by atoms with Crippen molar-refractivity contribution in [1.82, 2.24) is 14.9 Å². The summed E-state index contributed by atoms with van der Waals surface area (Å²) in [5.41, 5.74) is 1.88. The molecular formula is C19H18N4O3S. The van der Waals surface area contributed by atoms with Gasteiger partial charge in [-0.3, -0.25) is 0 Å². The fourth-order valence-electron chi connectivity index (χ4n) is 2.68. The highest BCUT2D eigenvalue weighted by molar-refractivity contribution is 7.99. The summed E-state index contributed by atoms with van der Waals surface area (Å²) in [6, 6.07) is 15.4. The monoisotopic (exact) mass is 382 g/mol. The van der Waals surface area contributed by atoms with E-state index in [1.54, 1.807) is 30.7 Å². The zero-order chi connectivity index (χ0) is 18.6. The van der Waals surface area contributed by atoms with E-state index >= 15 is 0 Å². The number of rotatable bonds is 6. The number of para-hydroxylation sites is 1. The Bertz CT molecular complexity index is 972. The van der Waals surface area contributed by atoms with Gasteiger partial charge in [-0.2, -0.15) is 9.78 Å². The molecule has 2 aromatic carbocycles. The van der Waals surface area contributed by atoms with Gasteiger partial charge in [0.2, 0.25) is 5.16 Å². The maximum atomic E-state index is 5.79. The minimum Gasteiger partial charge on any atom is -0.493 e. The molecule has 0 spiro atoms. The largest absolute Gasteiger partial charge is 0.493 e. The van der Waals surface area contributed by atoms with Crippen molar-refractivity contribution in [3.63, 3.8) is 0 Å². The van der Waals surface area contributed by atoms with Gasteiger partial charge < -0.3 is 14.2 Å². The first-order valence-electron chi connectivity index (χ1n) is 8.33. The Morgan fingerprint density at radius 1 is 1.00 bits per heavy atom. The molecule has 4 rings (SSSR count). The molecule has 3 aromatic rings. The Morgan fingerprint density at radius 3 is 2.59 bits per heavy atom. The van der Waals surface area contributed by atoms with Gasteiger partial charge in [-0.05, 0) is 30.3 Å². The lowest BCUT2D eigenvalue weighted by atomic mass is 10.1. The number of fused-ring (bicyclic) bond motifs is 1. The molecule has 27 heavy (non-hydrogen) atoms. The summed E-state index contributed by atoms with van der Waals surface area (Å²) < 4.78 is 18.2. The standard InChI is InChI=1S/C19H18N4O3S/c1-24-16-9-8-13(10-17(16)25-2)15-12-27-19-21-20-18(23(19)22-15)11-26-14-6-4-3-5-7-14/h3-10H,11-12H2,1-2H3. The van der Waals surface area contributed by atoms with Crippen LogP contribution >= 0.6 is 11.8 Å². The third-order valence-corrected chi connectivity index (χ3v) is 4.99. The number of nitrogens with zero attached hydrogens (tertiary/aromatic N) is 4. The van der Waals surface area contributed by atoms with Crippen LogP contribution in [0.3, 0.4) is 0 Å². The van der Waals surface area contributed by atoms with E-state index in [4.69, 9.17) is 19.3 Å². The lowest BCUT2D eigenvalue weighted by Gasteiger charge is -2.15. The molecule has 2 heterocycles. The van der Waals surface area contributed by atoms with Gasteiger partial charge in [0.15, 0.2) is 17.3 Å². The fourth-order valence-corrected chi connectivity index (χ4v) is 3.54. The Kier molecular flexibility index (Phi) is 4.97.